The first kappa shape index (κ1) is 15.8. The molecule has 9 heteroatoms. The van der Waals surface area contributed by atoms with Crippen molar-refractivity contribution in [3.8, 4) is 0 Å². The third-order valence-electron chi connectivity index (χ3n) is 2.93. The molecule has 0 aliphatic carbocycles. The lowest BCUT2D eigenvalue weighted by Gasteiger charge is -2.35. The number of hydrogen-bond donors (Lipinski definition) is 0. The van der Waals surface area contributed by atoms with Gasteiger partial charge < -0.3 is 4.74 Å². The zero-order valence-corrected chi connectivity index (χ0v) is 10.5. The Hall–Kier alpha value is -1.28. The highest BCUT2D eigenvalue weighted by Crippen LogP contribution is 2.53. The van der Waals surface area contributed by atoms with E-state index in [1.54, 1.807) is 0 Å². The third kappa shape index (κ3) is 2.30. The molecule has 2 unspecified atom stereocenters. The molecule has 0 saturated heterocycles. The number of hydrogen-bond acceptors (Lipinski definition) is 4. The maximum atomic E-state index is 13.0. The van der Waals surface area contributed by atoms with Crippen LogP contribution < -0.4 is 0 Å². The van der Waals surface area contributed by atoms with Crippen molar-refractivity contribution in [1.29, 1.82) is 0 Å². The van der Waals surface area contributed by atoms with Crippen LogP contribution in [0.2, 0.25) is 0 Å². The number of alkyl halides is 5. The maximum Gasteiger partial charge on any atom is 0.422 e. The Morgan fingerprint density at radius 3 is 2.21 bits per heavy atom. The number of carbonyl (C=O) groups excluding carboxylic acids is 1. The smallest absolute Gasteiger partial charge is 0.422 e. The van der Waals surface area contributed by atoms with E-state index in [1.165, 1.54) is 6.92 Å². The fourth-order valence-corrected chi connectivity index (χ4v) is 2.07. The van der Waals surface area contributed by atoms with Crippen LogP contribution in [-0.2, 0) is 9.53 Å². The Morgan fingerprint density at radius 1 is 1.32 bits per heavy atom. The van der Waals surface area contributed by atoms with E-state index in [0.717, 1.165) is 13.8 Å². The average Bonchev–Trinajstić information content (AvgIpc) is 2.50. The van der Waals surface area contributed by atoms with Crippen molar-refractivity contribution in [2.45, 2.75) is 44.5 Å². The highest BCUT2D eigenvalue weighted by atomic mass is 19.4. The number of nitrogens with zero attached hydrogens (tertiary/aromatic N) is 2. The van der Waals surface area contributed by atoms with E-state index in [9.17, 15) is 26.7 Å². The monoisotopic (exact) mass is 288 g/mol. The Kier molecular flexibility index (Phi) is 3.88. The van der Waals surface area contributed by atoms with Crippen molar-refractivity contribution in [2.75, 3.05) is 6.61 Å². The van der Waals surface area contributed by atoms with E-state index >= 15 is 0 Å². The maximum absolute atomic E-state index is 13.0. The molecular formula is C10H13F5N2O2. The molecule has 110 valence electrons. The van der Waals surface area contributed by atoms with E-state index in [1.807, 2.05) is 0 Å². The summed E-state index contributed by atoms with van der Waals surface area (Å²) in [5.74, 6) is -3.59. The van der Waals surface area contributed by atoms with Gasteiger partial charge in [-0.05, 0) is 20.8 Å². The first-order valence-electron chi connectivity index (χ1n) is 5.46. The normalized spacial score (nSPS) is 29.8. The molecule has 1 aliphatic rings. The lowest BCUT2D eigenvalue weighted by atomic mass is 9.74. The van der Waals surface area contributed by atoms with E-state index in [0.29, 0.717) is 0 Å². The molecule has 1 heterocycles. The zero-order valence-electron chi connectivity index (χ0n) is 10.5. The first-order chi connectivity index (χ1) is 8.50. The van der Waals surface area contributed by atoms with E-state index in [4.69, 9.17) is 0 Å². The summed E-state index contributed by atoms with van der Waals surface area (Å²) in [4.78, 5) is 11.7. The van der Waals surface area contributed by atoms with Gasteiger partial charge in [0.1, 0.15) is 5.92 Å². The lowest BCUT2D eigenvalue weighted by Crippen LogP contribution is -2.60. The van der Waals surface area contributed by atoms with Gasteiger partial charge in [0.15, 0.2) is 0 Å². The van der Waals surface area contributed by atoms with E-state index in [2.05, 4.69) is 15.0 Å². The molecule has 0 radical (unpaired) electrons. The van der Waals surface area contributed by atoms with E-state index < -0.39 is 35.6 Å². The first-order valence-corrected chi connectivity index (χ1v) is 5.46. The fourth-order valence-electron chi connectivity index (χ4n) is 2.07. The second kappa shape index (κ2) is 4.68. The Bertz CT molecular complexity index is 394. The number of carbonyl (C=O) groups is 1. The molecule has 0 spiro atoms. The van der Waals surface area contributed by atoms with Crippen LogP contribution in [0.5, 0.6) is 0 Å². The van der Waals surface area contributed by atoms with Gasteiger partial charge >= 0.3 is 12.1 Å². The molecule has 0 bridgehead atoms. The summed E-state index contributed by atoms with van der Waals surface area (Å²) in [5, 5.41) is 5.94. The van der Waals surface area contributed by atoms with Gasteiger partial charge in [0.2, 0.25) is 0 Å². The third-order valence-corrected chi connectivity index (χ3v) is 2.93. The van der Waals surface area contributed by atoms with Crippen molar-refractivity contribution in [1.82, 2.24) is 0 Å². The molecule has 2 atom stereocenters. The highest BCUT2D eigenvalue weighted by molar-refractivity contribution is 5.77. The second-order valence-corrected chi connectivity index (χ2v) is 4.66. The van der Waals surface area contributed by atoms with Gasteiger partial charge in [-0.15, -0.1) is 0 Å². The Morgan fingerprint density at radius 2 is 1.84 bits per heavy atom. The molecule has 0 N–H and O–H groups in total. The molecule has 4 nitrogen and oxygen atoms in total. The van der Waals surface area contributed by atoms with Crippen LogP contribution in [-0.4, -0.2) is 36.3 Å². The molecule has 0 aromatic heterocycles. The van der Waals surface area contributed by atoms with Crippen molar-refractivity contribution in [2.24, 2.45) is 16.1 Å². The summed E-state index contributed by atoms with van der Waals surface area (Å²) in [6.45, 7) is 3.41. The van der Waals surface area contributed by atoms with Crippen LogP contribution in [0.4, 0.5) is 22.0 Å². The van der Waals surface area contributed by atoms with Crippen molar-refractivity contribution >= 4 is 5.97 Å². The van der Waals surface area contributed by atoms with Crippen molar-refractivity contribution in [3.63, 3.8) is 0 Å². The Labute approximate surface area is 106 Å². The van der Waals surface area contributed by atoms with Crippen LogP contribution in [0.15, 0.2) is 10.2 Å². The van der Waals surface area contributed by atoms with Gasteiger partial charge in [0, 0.05) is 0 Å². The number of halogens is 5. The van der Waals surface area contributed by atoms with Crippen LogP contribution in [0.25, 0.3) is 0 Å². The summed E-state index contributed by atoms with van der Waals surface area (Å²) >= 11 is 0. The van der Waals surface area contributed by atoms with Crippen LogP contribution >= 0.6 is 0 Å². The Balaban J connectivity index is 3.38. The minimum Gasteiger partial charge on any atom is -0.466 e. The molecule has 0 saturated carbocycles. The lowest BCUT2D eigenvalue weighted by molar-refractivity contribution is -0.237. The van der Waals surface area contributed by atoms with Gasteiger partial charge in [-0.3, -0.25) is 4.79 Å². The molecule has 0 aromatic carbocycles. The molecule has 19 heavy (non-hydrogen) atoms. The SMILES string of the molecule is CCOC(=O)C1C(C)(C)N=NC1(C(F)F)C(F)(F)F. The molecule has 0 aromatic rings. The summed E-state index contributed by atoms with van der Waals surface area (Å²) in [6, 6.07) is 0. The van der Waals surface area contributed by atoms with Crippen LogP contribution in [0, 0.1) is 5.92 Å². The zero-order chi connectivity index (χ0) is 15.1. The van der Waals surface area contributed by atoms with Crippen LogP contribution in [0.3, 0.4) is 0 Å². The molecule has 1 rings (SSSR count). The topological polar surface area (TPSA) is 51.0 Å². The van der Waals surface area contributed by atoms with Gasteiger partial charge in [-0.2, -0.15) is 23.4 Å². The van der Waals surface area contributed by atoms with E-state index in [-0.39, 0.29) is 6.61 Å². The quantitative estimate of drug-likeness (QED) is 0.592. The van der Waals surface area contributed by atoms with Crippen LogP contribution in [0.1, 0.15) is 20.8 Å². The van der Waals surface area contributed by atoms with Crippen molar-refractivity contribution in [3.05, 3.63) is 0 Å². The summed E-state index contributed by atoms with van der Waals surface area (Å²) in [5.41, 5.74) is -5.55. The molecular weight excluding hydrogens is 275 g/mol. The number of rotatable bonds is 3. The molecule has 0 fully saturated rings. The number of esters is 1. The van der Waals surface area contributed by atoms with Gasteiger partial charge in [0.05, 0.1) is 12.1 Å². The summed E-state index contributed by atoms with van der Waals surface area (Å²) in [7, 11) is 0. The van der Waals surface area contributed by atoms with Gasteiger partial charge in [-0.25, -0.2) is 8.78 Å². The molecule has 0 amide bonds. The number of ether oxygens (including phenoxy) is 1. The highest BCUT2D eigenvalue weighted by Gasteiger charge is 2.75. The minimum absolute atomic E-state index is 0.220. The largest absolute Gasteiger partial charge is 0.466 e. The standard InChI is InChI=1S/C10H13F5N2O2/c1-4-19-6(18)5-8(2,3)16-17-9(5,7(11)12)10(13,14)15/h5,7H,4H2,1-3H3. The van der Waals surface area contributed by atoms with Gasteiger partial charge in [-0.1, -0.05) is 0 Å². The molecule has 1 aliphatic heterocycles. The average molecular weight is 288 g/mol. The van der Waals surface area contributed by atoms with Gasteiger partial charge in [0.25, 0.3) is 12.0 Å². The summed E-state index contributed by atoms with van der Waals surface area (Å²) < 4.78 is 69.5. The second-order valence-electron chi connectivity index (χ2n) is 4.66. The minimum atomic E-state index is -5.41. The predicted octanol–water partition coefficient (Wildman–Crippen LogP) is 2.98. The fraction of sp³-hybridized carbons (Fsp3) is 0.900. The number of azo groups is 1. The predicted molar refractivity (Wildman–Crippen MR) is 53.8 cm³/mol. The van der Waals surface area contributed by atoms with Crippen molar-refractivity contribution < 1.29 is 31.5 Å². The summed E-state index contributed by atoms with van der Waals surface area (Å²) in [6.07, 6.45) is -9.32.